The van der Waals surface area contributed by atoms with E-state index in [1.54, 1.807) is 0 Å². The number of nitrogens with one attached hydrogen (secondary N) is 1. The number of fused-ring (bicyclic) bond motifs is 1. The van der Waals surface area contributed by atoms with Crippen molar-refractivity contribution >= 4 is 45.2 Å². The fourth-order valence-corrected chi connectivity index (χ4v) is 3.61. The van der Waals surface area contributed by atoms with Gasteiger partial charge < -0.3 is 10.1 Å². The van der Waals surface area contributed by atoms with Crippen LogP contribution in [0.2, 0.25) is 0 Å². The summed E-state index contributed by atoms with van der Waals surface area (Å²) in [5.41, 5.74) is 1.91. The van der Waals surface area contributed by atoms with Crippen LogP contribution in [0.4, 0.5) is 0 Å². The third-order valence-corrected chi connectivity index (χ3v) is 5.43. The molecule has 138 valence electrons. The number of hydrogen-bond acceptors (Lipinski definition) is 3. The maximum Gasteiger partial charge on any atom is 0.328 e. The number of carbonyl (C=O) groups excluding carboxylic acids is 2. The highest BCUT2D eigenvalue weighted by molar-refractivity contribution is 14.1. The van der Waals surface area contributed by atoms with E-state index in [4.69, 9.17) is 4.74 Å². The molecule has 0 aliphatic heterocycles. The average Bonchev–Trinajstić information content (AvgIpc) is 2.68. The van der Waals surface area contributed by atoms with Crippen LogP contribution in [0.1, 0.15) is 11.1 Å². The van der Waals surface area contributed by atoms with Gasteiger partial charge >= 0.3 is 5.97 Å². The minimum atomic E-state index is -0.709. The second kappa shape index (κ2) is 8.99. The Hall–Kier alpha value is -2.41. The van der Waals surface area contributed by atoms with Crippen molar-refractivity contribution < 1.29 is 14.3 Å². The normalized spacial score (nSPS) is 11.8. The molecule has 0 aliphatic carbocycles. The molecule has 0 heterocycles. The highest BCUT2D eigenvalue weighted by Gasteiger charge is 2.22. The number of methoxy groups -OCH3 is 1. The van der Waals surface area contributed by atoms with Gasteiger partial charge in [0.15, 0.2) is 0 Å². The van der Waals surface area contributed by atoms with Gasteiger partial charge in [-0.05, 0) is 50.6 Å². The van der Waals surface area contributed by atoms with E-state index in [0.29, 0.717) is 6.42 Å². The quantitative estimate of drug-likeness (QED) is 0.437. The van der Waals surface area contributed by atoms with Crippen LogP contribution >= 0.6 is 22.6 Å². The van der Waals surface area contributed by atoms with Gasteiger partial charge in [0.25, 0.3) is 0 Å². The Kier molecular flexibility index (Phi) is 6.45. The van der Waals surface area contributed by atoms with Gasteiger partial charge in [-0.25, -0.2) is 4.79 Å². The number of esters is 1. The zero-order valence-electron chi connectivity index (χ0n) is 14.9. The largest absolute Gasteiger partial charge is 0.467 e. The van der Waals surface area contributed by atoms with Crippen molar-refractivity contribution in [3.05, 3.63) is 81.4 Å². The Bertz CT molecular complexity index is 970. The topological polar surface area (TPSA) is 55.4 Å². The molecular formula is C22H20INO3. The molecule has 1 N–H and O–H groups in total. The molecule has 0 aliphatic rings. The van der Waals surface area contributed by atoms with Crippen molar-refractivity contribution in [2.45, 2.75) is 18.9 Å². The molecule has 1 atom stereocenters. The molecule has 3 rings (SSSR count). The summed E-state index contributed by atoms with van der Waals surface area (Å²) in [6.07, 6.45) is 0.611. The maximum absolute atomic E-state index is 12.5. The van der Waals surface area contributed by atoms with Gasteiger partial charge in [-0.1, -0.05) is 60.7 Å². The van der Waals surface area contributed by atoms with Crippen LogP contribution in [0.3, 0.4) is 0 Å². The Morgan fingerprint density at radius 3 is 2.44 bits per heavy atom. The van der Waals surface area contributed by atoms with E-state index in [2.05, 4.69) is 27.9 Å². The van der Waals surface area contributed by atoms with Crippen molar-refractivity contribution in [3.8, 4) is 0 Å². The first-order chi connectivity index (χ1) is 13.1. The van der Waals surface area contributed by atoms with Gasteiger partial charge in [0.05, 0.1) is 13.5 Å². The van der Waals surface area contributed by atoms with Crippen molar-refractivity contribution in [1.29, 1.82) is 0 Å². The molecule has 3 aromatic rings. The standard InChI is InChI=1S/C22H20INO3/c1-27-22(26)20(14-18-8-4-5-9-19(18)23)24-21(25)13-15-10-11-16-6-2-3-7-17(16)12-15/h2-12,20H,13-14H2,1H3,(H,24,25)/t20-/m0/s1. The molecular weight excluding hydrogens is 453 g/mol. The molecule has 0 radical (unpaired) electrons. The predicted octanol–water partition coefficient (Wildman–Crippen LogP) is 3.89. The summed E-state index contributed by atoms with van der Waals surface area (Å²) in [4.78, 5) is 24.7. The molecule has 0 unspecified atom stereocenters. The molecule has 3 aromatic carbocycles. The molecule has 0 aromatic heterocycles. The third-order valence-electron chi connectivity index (χ3n) is 4.38. The van der Waals surface area contributed by atoms with Gasteiger partial charge in [-0.15, -0.1) is 0 Å². The number of rotatable bonds is 6. The predicted molar refractivity (Wildman–Crippen MR) is 114 cm³/mol. The van der Waals surface area contributed by atoms with Crippen LogP contribution in [-0.2, 0) is 27.2 Å². The molecule has 27 heavy (non-hydrogen) atoms. The van der Waals surface area contributed by atoms with Gasteiger partial charge in [0.1, 0.15) is 6.04 Å². The van der Waals surface area contributed by atoms with Gasteiger partial charge in [0.2, 0.25) is 5.91 Å². The van der Waals surface area contributed by atoms with Crippen molar-refractivity contribution in [3.63, 3.8) is 0 Å². The fraction of sp³-hybridized carbons (Fsp3) is 0.182. The molecule has 0 spiro atoms. The molecule has 1 amide bonds. The molecule has 4 nitrogen and oxygen atoms in total. The highest BCUT2D eigenvalue weighted by Crippen LogP contribution is 2.17. The lowest BCUT2D eigenvalue weighted by atomic mass is 10.0. The SMILES string of the molecule is COC(=O)[C@H](Cc1ccccc1I)NC(=O)Cc1ccc2ccccc2c1. The third kappa shape index (κ3) is 5.07. The molecule has 0 saturated heterocycles. The first kappa shape index (κ1) is 19.4. The summed E-state index contributed by atoms with van der Waals surface area (Å²) in [5, 5.41) is 5.04. The summed E-state index contributed by atoms with van der Waals surface area (Å²) in [7, 11) is 1.33. The second-order valence-corrected chi connectivity index (χ2v) is 7.46. The van der Waals surface area contributed by atoms with Crippen molar-refractivity contribution in [1.82, 2.24) is 5.32 Å². The first-order valence-corrected chi connectivity index (χ1v) is 9.73. The van der Waals surface area contributed by atoms with E-state index < -0.39 is 12.0 Å². The molecule has 0 saturated carbocycles. The Morgan fingerprint density at radius 2 is 1.70 bits per heavy atom. The number of ether oxygens (including phenoxy) is 1. The lowest BCUT2D eigenvalue weighted by molar-refractivity contribution is -0.145. The number of hydrogen-bond donors (Lipinski definition) is 1. The molecule has 0 fully saturated rings. The number of halogens is 1. The molecule has 0 bridgehead atoms. The summed E-state index contributed by atoms with van der Waals surface area (Å²) in [6, 6.07) is 21.0. The summed E-state index contributed by atoms with van der Waals surface area (Å²) in [6.45, 7) is 0. The number of carbonyl (C=O) groups is 2. The average molecular weight is 473 g/mol. The van der Waals surface area contributed by atoms with E-state index in [-0.39, 0.29) is 12.3 Å². The Morgan fingerprint density at radius 1 is 1.00 bits per heavy atom. The molecule has 5 heteroatoms. The van der Waals surface area contributed by atoms with E-state index in [9.17, 15) is 9.59 Å². The van der Waals surface area contributed by atoms with Crippen LogP contribution in [0.5, 0.6) is 0 Å². The van der Waals surface area contributed by atoms with Crippen LogP contribution in [0.25, 0.3) is 10.8 Å². The minimum Gasteiger partial charge on any atom is -0.467 e. The number of amides is 1. The summed E-state index contributed by atoms with van der Waals surface area (Å²) >= 11 is 2.22. The van der Waals surface area contributed by atoms with Crippen LogP contribution in [-0.4, -0.2) is 25.0 Å². The van der Waals surface area contributed by atoms with Crippen molar-refractivity contribution in [2.75, 3.05) is 7.11 Å². The second-order valence-electron chi connectivity index (χ2n) is 6.30. The van der Waals surface area contributed by atoms with Crippen molar-refractivity contribution in [2.24, 2.45) is 0 Å². The lowest BCUT2D eigenvalue weighted by Gasteiger charge is -2.17. The minimum absolute atomic E-state index is 0.202. The number of benzene rings is 3. The fourth-order valence-electron chi connectivity index (χ4n) is 3.00. The van der Waals surface area contributed by atoms with E-state index in [1.807, 2.05) is 66.7 Å². The Balaban J connectivity index is 1.71. The first-order valence-electron chi connectivity index (χ1n) is 8.65. The highest BCUT2D eigenvalue weighted by atomic mass is 127. The monoisotopic (exact) mass is 473 g/mol. The summed E-state index contributed by atoms with van der Waals surface area (Å²) < 4.78 is 5.93. The summed E-state index contributed by atoms with van der Waals surface area (Å²) in [5.74, 6) is -0.645. The van der Waals surface area contributed by atoms with Gasteiger partial charge in [-0.2, -0.15) is 0 Å². The van der Waals surface area contributed by atoms with Crippen LogP contribution < -0.4 is 5.32 Å². The zero-order chi connectivity index (χ0) is 19.2. The van der Waals surface area contributed by atoms with Crippen LogP contribution in [0.15, 0.2) is 66.7 Å². The smallest absolute Gasteiger partial charge is 0.328 e. The van der Waals surface area contributed by atoms with E-state index in [1.165, 1.54) is 7.11 Å². The van der Waals surface area contributed by atoms with E-state index in [0.717, 1.165) is 25.5 Å². The zero-order valence-corrected chi connectivity index (χ0v) is 17.1. The van der Waals surface area contributed by atoms with Gasteiger partial charge in [-0.3, -0.25) is 4.79 Å². The van der Waals surface area contributed by atoms with E-state index >= 15 is 0 Å². The maximum atomic E-state index is 12.5. The van der Waals surface area contributed by atoms with Gasteiger partial charge in [0, 0.05) is 9.99 Å². The Labute approximate surface area is 172 Å². The van der Waals surface area contributed by atoms with Crippen LogP contribution in [0, 0.1) is 3.57 Å². The lowest BCUT2D eigenvalue weighted by Crippen LogP contribution is -2.43.